The lowest BCUT2D eigenvalue weighted by Crippen LogP contribution is -2.50. The molecule has 1 saturated heterocycles. The lowest BCUT2D eigenvalue weighted by molar-refractivity contribution is 0.215. The van der Waals surface area contributed by atoms with Crippen molar-refractivity contribution < 1.29 is 13.9 Å². The van der Waals surface area contributed by atoms with E-state index in [9.17, 15) is 13.9 Å². The highest BCUT2D eigenvalue weighted by Gasteiger charge is 2.41. The van der Waals surface area contributed by atoms with Crippen molar-refractivity contribution in [2.75, 3.05) is 0 Å². The summed E-state index contributed by atoms with van der Waals surface area (Å²) in [4.78, 5) is 0. The summed E-state index contributed by atoms with van der Waals surface area (Å²) in [5, 5.41) is 11.1. The Hall–Kier alpha value is -1.68. The van der Waals surface area contributed by atoms with Crippen molar-refractivity contribution in [3.8, 4) is 5.75 Å². The summed E-state index contributed by atoms with van der Waals surface area (Å²) in [6.45, 7) is 2.30. The van der Waals surface area contributed by atoms with Gasteiger partial charge in [-0.1, -0.05) is 92.7 Å². The first-order valence-electron chi connectivity index (χ1n) is 12.8. The van der Waals surface area contributed by atoms with Crippen molar-refractivity contribution in [3.05, 3.63) is 59.7 Å². The van der Waals surface area contributed by atoms with E-state index in [1.54, 1.807) is 5.19 Å². The molecule has 0 unspecified atom stereocenters. The van der Waals surface area contributed by atoms with Gasteiger partial charge in [0.15, 0.2) is 17.4 Å². The van der Waals surface area contributed by atoms with Gasteiger partial charge in [-0.05, 0) is 61.1 Å². The molecule has 4 heteroatoms. The van der Waals surface area contributed by atoms with E-state index in [1.807, 2.05) is 0 Å². The molecule has 1 N–H and O–H groups in total. The molecular weight excluding hydrogens is 418 g/mol. The molecule has 0 atom stereocenters. The average Bonchev–Trinajstić information content (AvgIpc) is 2.83. The third kappa shape index (κ3) is 5.11. The van der Waals surface area contributed by atoms with Crippen molar-refractivity contribution in [1.82, 2.24) is 0 Å². The van der Waals surface area contributed by atoms with E-state index >= 15 is 0 Å². The van der Waals surface area contributed by atoms with Gasteiger partial charge in [-0.3, -0.25) is 0 Å². The van der Waals surface area contributed by atoms with E-state index < -0.39 is 25.5 Å². The molecule has 0 bridgehead atoms. The molecule has 1 nitrogen and oxygen atoms in total. The van der Waals surface area contributed by atoms with E-state index in [0.717, 1.165) is 37.5 Å². The van der Waals surface area contributed by atoms with Crippen LogP contribution in [0, 0.1) is 23.5 Å². The molecule has 2 aliphatic rings. The van der Waals surface area contributed by atoms with Gasteiger partial charge in [0.1, 0.15) is 0 Å². The quantitative estimate of drug-likeness (QED) is 0.332. The van der Waals surface area contributed by atoms with Crippen LogP contribution < -0.4 is 5.19 Å². The lowest BCUT2D eigenvalue weighted by atomic mass is 9.72. The summed E-state index contributed by atoms with van der Waals surface area (Å²) in [6.07, 6.45) is 11.1. The van der Waals surface area contributed by atoms with Crippen molar-refractivity contribution in [3.63, 3.8) is 0 Å². The third-order valence-corrected chi connectivity index (χ3v) is 13.9. The molecule has 0 radical (unpaired) electrons. The Morgan fingerprint density at radius 1 is 0.844 bits per heavy atom. The van der Waals surface area contributed by atoms with Gasteiger partial charge in [0.25, 0.3) is 0 Å². The number of phenols is 1. The Balaban J connectivity index is 1.36. The Morgan fingerprint density at radius 3 is 2.03 bits per heavy atom. The summed E-state index contributed by atoms with van der Waals surface area (Å²) < 4.78 is 27.6. The van der Waals surface area contributed by atoms with Gasteiger partial charge >= 0.3 is 0 Å². The molecule has 0 amide bonds. The second-order valence-electron chi connectivity index (χ2n) is 10.4. The van der Waals surface area contributed by atoms with Gasteiger partial charge in [-0.15, -0.1) is 0 Å². The van der Waals surface area contributed by atoms with Gasteiger partial charge in [-0.25, -0.2) is 8.78 Å². The maximum Gasteiger partial charge on any atom is 0.187 e. The second kappa shape index (κ2) is 10.5. The molecular formula is C28H38F2OSi. The zero-order valence-electron chi connectivity index (χ0n) is 19.5. The van der Waals surface area contributed by atoms with Crippen LogP contribution in [0.25, 0.3) is 0 Å². The first-order chi connectivity index (χ1) is 15.5. The first-order valence-corrected chi connectivity index (χ1v) is 15.4. The number of hydrogen-bond acceptors (Lipinski definition) is 1. The SMILES string of the molecule is CCCCC[Si]1(c2ccccc2)CCC([C@H]2CC[C@H](c3cc(F)c(O)c(F)c3)CC2)CC1. The molecule has 32 heavy (non-hydrogen) atoms. The molecule has 2 aromatic carbocycles. The molecule has 1 heterocycles. The molecule has 0 aromatic heterocycles. The Morgan fingerprint density at radius 2 is 1.44 bits per heavy atom. The fourth-order valence-electron chi connectivity index (χ4n) is 6.60. The number of hydrogen-bond donors (Lipinski definition) is 1. The van der Waals surface area contributed by atoms with Crippen LogP contribution in [0.3, 0.4) is 0 Å². The Kier molecular flexibility index (Phi) is 7.70. The standard InChI is InChI=1S/C28H38F2OSi/c1-2-3-7-16-32(25-8-5-4-6-9-25)17-14-23(15-18-32)21-10-12-22(13-11-21)24-19-26(29)28(31)27(30)20-24/h4-6,8-9,19-23,31H,2-3,7,10-18H2,1H3/t21-,22-,23?,32?. The summed E-state index contributed by atoms with van der Waals surface area (Å²) in [5.41, 5.74) is 0.714. The number of aromatic hydroxyl groups is 1. The molecule has 1 saturated carbocycles. The van der Waals surface area contributed by atoms with E-state index in [2.05, 4.69) is 37.3 Å². The predicted octanol–water partition coefficient (Wildman–Crippen LogP) is 7.90. The molecule has 1 aliphatic heterocycles. The maximum atomic E-state index is 13.8. The van der Waals surface area contributed by atoms with E-state index in [1.165, 1.54) is 62.4 Å². The molecule has 4 rings (SSSR count). The highest BCUT2D eigenvalue weighted by molar-refractivity contribution is 6.92. The molecule has 174 valence electrons. The normalized spacial score (nSPS) is 28.5. The van der Waals surface area contributed by atoms with Gasteiger partial charge in [0, 0.05) is 0 Å². The molecule has 1 aliphatic carbocycles. The van der Waals surface area contributed by atoms with Crippen LogP contribution in [-0.4, -0.2) is 13.2 Å². The van der Waals surface area contributed by atoms with Gasteiger partial charge in [-0.2, -0.15) is 0 Å². The van der Waals surface area contributed by atoms with Crippen molar-refractivity contribution in [2.24, 2.45) is 11.8 Å². The van der Waals surface area contributed by atoms with Crippen LogP contribution in [0.5, 0.6) is 5.75 Å². The van der Waals surface area contributed by atoms with Crippen LogP contribution in [0.2, 0.25) is 18.1 Å². The summed E-state index contributed by atoms with van der Waals surface area (Å²) >= 11 is 0. The Bertz CT molecular complexity index is 845. The van der Waals surface area contributed by atoms with Crippen molar-refractivity contribution >= 4 is 13.3 Å². The molecule has 2 aromatic rings. The lowest BCUT2D eigenvalue weighted by Gasteiger charge is -2.43. The van der Waals surface area contributed by atoms with Crippen molar-refractivity contribution in [1.29, 1.82) is 0 Å². The minimum absolute atomic E-state index is 0.214. The van der Waals surface area contributed by atoms with Crippen LogP contribution in [0.4, 0.5) is 8.78 Å². The summed E-state index contributed by atoms with van der Waals surface area (Å²) in [6, 6.07) is 18.4. The average molecular weight is 457 g/mol. The fraction of sp³-hybridized carbons (Fsp3) is 0.571. The smallest absolute Gasteiger partial charge is 0.187 e. The van der Waals surface area contributed by atoms with E-state index in [4.69, 9.17) is 0 Å². The van der Waals surface area contributed by atoms with Gasteiger partial charge in [0.05, 0.1) is 8.07 Å². The summed E-state index contributed by atoms with van der Waals surface area (Å²) in [5.74, 6) is -0.725. The monoisotopic (exact) mass is 456 g/mol. The topological polar surface area (TPSA) is 20.2 Å². The van der Waals surface area contributed by atoms with E-state index in [0.29, 0.717) is 5.56 Å². The van der Waals surface area contributed by atoms with Gasteiger partial charge < -0.3 is 5.11 Å². The molecule has 2 fully saturated rings. The zero-order chi connectivity index (χ0) is 22.6. The third-order valence-electron chi connectivity index (χ3n) is 8.58. The number of rotatable bonds is 7. The van der Waals surface area contributed by atoms with E-state index in [-0.39, 0.29) is 5.92 Å². The fourth-order valence-corrected chi connectivity index (χ4v) is 11.9. The molecule has 0 spiro atoms. The highest BCUT2D eigenvalue weighted by Crippen LogP contribution is 2.46. The highest BCUT2D eigenvalue weighted by atomic mass is 28.3. The van der Waals surface area contributed by atoms with Crippen LogP contribution >= 0.6 is 0 Å². The minimum Gasteiger partial charge on any atom is -0.503 e. The van der Waals surface area contributed by atoms with Crippen LogP contribution in [0.15, 0.2) is 42.5 Å². The number of phenolic OH excluding ortho intramolecular Hbond substituents is 1. The largest absolute Gasteiger partial charge is 0.503 e. The van der Waals surface area contributed by atoms with Crippen LogP contribution in [-0.2, 0) is 0 Å². The van der Waals surface area contributed by atoms with Crippen LogP contribution in [0.1, 0.15) is 76.2 Å². The maximum absolute atomic E-state index is 13.8. The predicted molar refractivity (Wildman–Crippen MR) is 131 cm³/mol. The zero-order valence-corrected chi connectivity index (χ0v) is 20.5. The first kappa shape index (κ1) is 23.5. The summed E-state index contributed by atoms with van der Waals surface area (Å²) in [7, 11) is -1.39. The van der Waals surface area contributed by atoms with Crippen molar-refractivity contribution in [2.45, 2.75) is 88.8 Å². The van der Waals surface area contributed by atoms with Gasteiger partial charge in [0.2, 0.25) is 0 Å². The minimum atomic E-state index is -1.39. The number of unbranched alkanes of at least 4 members (excludes halogenated alkanes) is 2. The number of halogens is 2. The number of benzene rings is 2. The Labute approximate surface area is 193 Å². The second-order valence-corrected chi connectivity index (χ2v) is 15.0.